The highest BCUT2D eigenvalue weighted by molar-refractivity contribution is 5.54. The van der Waals surface area contributed by atoms with Crippen LogP contribution in [0.4, 0.5) is 11.4 Å². The zero-order valence-corrected chi connectivity index (χ0v) is 10.1. The summed E-state index contributed by atoms with van der Waals surface area (Å²) in [5.41, 5.74) is 7.76. The van der Waals surface area contributed by atoms with Crippen molar-refractivity contribution in [3.8, 4) is 0 Å². The van der Waals surface area contributed by atoms with Crippen molar-refractivity contribution < 1.29 is 0 Å². The van der Waals surface area contributed by atoms with Gasteiger partial charge in [-0.05, 0) is 43.9 Å². The molecular formula is C14H22N2. The van der Waals surface area contributed by atoms with Gasteiger partial charge in [-0.3, -0.25) is 0 Å². The van der Waals surface area contributed by atoms with Gasteiger partial charge in [-0.2, -0.15) is 0 Å². The van der Waals surface area contributed by atoms with Crippen molar-refractivity contribution in [1.82, 2.24) is 0 Å². The Hall–Kier alpha value is -1.18. The fourth-order valence-electron chi connectivity index (χ4n) is 2.64. The average Bonchev–Trinajstić information content (AvgIpc) is 2.30. The first-order valence-corrected chi connectivity index (χ1v) is 6.38. The number of nitrogens with two attached hydrogens (primary N) is 1. The van der Waals surface area contributed by atoms with Gasteiger partial charge in [0.15, 0.2) is 0 Å². The van der Waals surface area contributed by atoms with Crippen molar-refractivity contribution >= 4 is 11.4 Å². The minimum absolute atomic E-state index is 0.558. The molecule has 2 heteroatoms. The first-order chi connectivity index (χ1) is 7.75. The van der Waals surface area contributed by atoms with Gasteiger partial charge in [0, 0.05) is 17.4 Å². The van der Waals surface area contributed by atoms with Crippen LogP contribution in [0.25, 0.3) is 0 Å². The first kappa shape index (κ1) is 11.3. The molecule has 1 saturated carbocycles. The summed E-state index contributed by atoms with van der Waals surface area (Å²) in [5, 5.41) is 3.57. The van der Waals surface area contributed by atoms with Crippen LogP contribution in [0.2, 0.25) is 0 Å². The van der Waals surface area contributed by atoms with Crippen LogP contribution in [0.15, 0.2) is 24.3 Å². The molecule has 0 bridgehead atoms. The minimum Gasteiger partial charge on any atom is -0.399 e. The molecule has 0 aliphatic heterocycles. The topological polar surface area (TPSA) is 38.0 Å². The first-order valence-electron chi connectivity index (χ1n) is 6.38. The molecule has 88 valence electrons. The summed E-state index contributed by atoms with van der Waals surface area (Å²) < 4.78 is 0. The fraction of sp³-hybridized carbons (Fsp3) is 0.571. The van der Waals surface area contributed by atoms with E-state index in [1.165, 1.54) is 32.1 Å². The maximum Gasteiger partial charge on any atom is 0.0362 e. The van der Waals surface area contributed by atoms with E-state index in [2.05, 4.69) is 18.3 Å². The molecule has 1 aliphatic carbocycles. The van der Waals surface area contributed by atoms with Crippen LogP contribution in [0.5, 0.6) is 0 Å². The highest BCUT2D eigenvalue weighted by Crippen LogP contribution is 2.28. The van der Waals surface area contributed by atoms with Crippen LogP contribution in [0, 0.1) is 5.92 Å². The van der Waals surface area contributed by atoms with E-state index in [1.54, 1.807) is 0 Å². The van der Waals surface area contributed by atoms with E-state index in [1.807, 2.05) is 18.2 Å². The quantitative estimate of drug-likeness (QED) is 0.760. The zero-order chi connectivity index (χ0) is 11.4. The summed E-state index contributed by atoms with van der Waals surface area (Å²) in [6.07, 6.45) is 6.95. The van der Waals surface area contributed by atoms with Crippen molar-refractivity contribution in [3.63, 3.8) is 0 Å². The molecule has 1 aromatic carbocycles. The van der Waals surface area contributed by atoms with Crippen LogP contribution in [0.3, 0.4) is 0 Å². The van der Waals surface area contributed by atoms with Crippen LogP contribution in [-0.4, -0.2) is 6.04 Å². The maximum absolute atomic E-state index is 5.77. The van der Waals surface area contributed by atoms with Crippen molar-refractivity contribution in [2.24, 2.45) is 5.92 Å². The van der Waals surface area contributed by atoms with E-state index in [0.717, 1.165) is 17.3 Å². The van der Waals surface area contributed by atoms with Crippen LogP contribution in [-0.2, 0) is 0 Å². The number of hydrogen-bond donors (Lipinski definition) is 2. The lowest BCUT2D eigenvalue weighted by molar-refractivity contribution is 0.328. The Kier molecular flexibility index (Phi) is 3.70. The predicted molar refractivity (Wildman–Crippen MR) is 70.5 cm³/mol. The molecule has 0 heterocycles. The smallest absolute Gasteiger partial charge is 0.0362 e. The second-order valence-corrected chi connectivity index (χ2v) is 4.96. The van der Waals surface area contributed by atoms with Crippen molar-refractivity contribution in [1.29, 1.82) is 0 Å². The van der Waals surface area contributed by atoms with Crippen LogP contribution >= 0.6 is 0 Å². The van der Waals surface area contributed by atoms with Gasteiger partial charge in [0.2, 0.25) is 0 Å². The van der Waals surface area contributed by atoms with Gasteiger partial charge < -0.3 is 11.1 Å². The van der Waals surface area contributed by atoms with Crippen LogP contribution in [0.1, 0.15) is 39.0 Å². The van der Waals surface area contributed by atoms with Gasteiger partial charge in [-0.15, -0.1) is 0 Å². The van der Waals surface area contributed by atoms with E-state index in [0.29, 0.717) is 6.04 Å². The summed E-state index contributed by atoms with van der Waals surface area (Å²) in [4.78, 5) is 0. The number of rotatable bonds is 3. The number of nitrogens with one attached hydrogen (secondary N) is 1. The van der Waals surface area contributed by atoms with Crippen LogP contribution < -0.4 is 11.1 Å². The minimum atomic E-state index is 0.558. The Bertz CT molecular complexity index is 329. The maximum atomic E-state index is 5.77. The standard InChI is InChI=1S/C14H22N2/c1-11(12-6-3-2-4-7-12)16-14-9-5-8-13(15)10-14/h5,8-12,16H,2-4,6-7,15H2,1H3. The molecule has 3 N–H and O–H groups in total. The van der Waals surface area contributed by atoms with Crippen molar-refractivity contribution in [2.75, 3.05) is 11.1 Å². The van der Waals surface area contributed by atoms with Gasteiger partial charge in [-0.25, -0.2) is 0 Å². The summed E-state index contributed by atoms with van der Waals surface area (Å²) in [5.74, 6) is 0.829. The molecule has 1 atom stereocenters. The average molecular weight is 218 g/mol. The van der Waals surface area contributed by atoms with E-state index in [4.69, 9.17) is 5.73 Å². The Morgan fingerprint density at radius 2 is 2.00 bits per heavy atom. The zero-order valence-electron chi connectivity index (χ0n) is 10.1. The molecule has 16 heavy (non-hydrogen) atoms. The second kappa shape index (κ2) is 5.24. The third-order valence-electron chi connectivity index (χ3n) is 3.64. The van der Waals surface area contributed by atoms with Crippen molar-refractivity contribution in [2.45, 2.75) is 45.1 Å². The third-order valence-corrected chi connectivity index (χ3v) is 3.64. The number of anilines is 2. The van der Waals surface area contributed by atoms with Gasteiger partial charge in [0.1, 0.15) is 0 Å². The number of benzene rings is 1. The Balaban J connectivity index is 1.93. The molecule has 1 unspecified atom stereocenters. The molecule has 2 rings (SSSR count). The van der Waals surface area contributed by atoms with Gasteiger partial charge in [0.25, 0.3) is 0 Å². The van der Waals surface area contributed by atoms with E-state index >= 15 is 0 Å². The van der Waals surface area contributed by atoms with E-state index in [-0.39, 0.29) is 0 Å². The molecule has 0 spiro atoms. The van der Waals surface area contributed by atoms with Gasteiger partial charge in [0.05, 0.1) is 0 Å². The molecule has 0 saturated heterocycles. The molecular weight excluding hydrogens is 196 g/mol. The second-order valence-electron chi connectivity index (χ2n) is 4.96. The molecule has 2 nitrogen and oxygen atoms in total. The SMILES string of the molecule is CC(Nc1cccc(N)c1)C1CCCCC1. The normalized spacial score (nSPS) is 19.3. The predicted octanol–water partition coefficient (Wildman–Crippen LogP) is 3.65. The monoisotopic (exact) mass is 218 g/mol. The molecule has 0 aromatic heterocycles. The highest BCUT2D eigenvalue weighted by Gasteiger charge is 2.19. The molecule has 1 aromatic rings. The summed E-state index contributed by atoms with van der Waals surface area (Å²) in [6.45, 7) is 2.29. The Labute approximate surface area is 98.2 Å². The van der Waals surface area contributed by atoms with Gasteiger partial charge >= 0.3 is 0 Å². The summed E-state index contributed by atoms with van der Waals surface area (Å²) in [7, 11) is 0. The third kappa shape index (κ3) is 2.91. The lowest BCUT2D eigenvalue weighted by Gasteiger charge is -2.29. The lowest BCUT2D eigenvalue weighted by Crippen LogP contribution is -2.27. The van der Waals surface area contributed by atoms with E-state index < -0.39 is 0 Å². The van der Waals surface area contributed by atoms with Gasteiger partial charge in [-0.1, -0.05) is 25.3 Å². The summed E-state index contributed by atoms with van der Waals surface area (Å²) >= 11 is 0. The lowest BCUT2D eigenvalue weighted by atomic mass is 9.84. The molecule has 1 aliphatic rings. The fourth-order valence-corrected chi connectivity index (χ4v) is 2.64. The molecule has 0 radical (unpaired) electrons. The summed E-state index contributed by atoms with van der Waals surface area (Å²) in [6, 6.07) is 8.60. The number of nitrogen functional groups attached to an aromatic ring is 1. The Morgan fingerprint density at radius 1 is 1.25 bits per heavy atom. The van der Waals surface area contributed by atoms with E-state index in [9.17, 15) is 0 Å². The largest absolute Gasteiger partial charge is 0.399 e. The molecule has 0 amide bonds. The molecule has 1 fully saturated rings. The van der Waals surface area contributed by atoms with Crippen molar-refractivity contribution in [3.05, 3.63) is 24.3 Å². The Morgan fingerprint density at radius 3 is 2.69 bits per heavy atom. The highest BCUT2D eigenvalue weighted by atomic mass is 14.9. The number of hydrogen-bond acceptors (Lipinski definition) is 2.